The summed E-state index contributed by atoms with van der Waals surface area (Å²) >= 11 is 0. The summed E-state index contributed by atoms with van der Waals surface area (Å²) in [6, 6.07) is 0. The fourth-order valence-electron chi connectivity index (χ4n) is 1.78. The van der Waals surface area contributed by atoms with Crippen LogP contribution in [0.5, 0.6) is 0 Å². The molecule has 1 heteroatoms. The van der Waals surface area contributed by atoms with Crippen molar-refractivity contribution < 1.29 is 4.79 Å². The molecule has 0 aromatic rings. The Balaban J connectivity index is 3.52. The second-order valence-electron chi connectivity index (χ2n) is 5.09. The predicted molar refractivity (Wildman–Crippen MR) is 97.9 cm³/mol. The third-order valence-electron chi connectivity index (χ3n) is 3.03. The molecular weight excluding hydrogens is 268 g/mol. The summed E-state index contributed by atoms with van der Waals surface area (Å²) in [4.78, 5) is 11.2. The Morgan fingerprint density at radius 2 is 1.36 bits per heavy atom. The Morgan fingerprint density at radius 1 is 0.864 bits per heavy atom. The van der Waals surface area contributed by atoms with E-state index in [-0.39, 0.29) is 5.78 Å². The van der Waals surface area contributed by atoms with Gasteiger partial charge in [0.25, 0.3) is 0 Å². The minimum Gasteiger partial charge on any atom is -0.294 e. The van der Waals surface area contributed by atoms with E-state index in [4.69, 9.17) is 0 Å². The zero-order chi connectivity index (χ0) is 16.3. The highest BCUT2D eigenvalue weighted by Crippen LogP contribution is 1.99. The van der Waals surface area contributed by atoms with Crippen LogP contribution in [-0.4, -0.2) is 5.78 Å². The monoisotopic (exact) mass is 298 g/mol. The topological polar surface area (TPSA) is 17.1 Å². The number of unbranched alkanes of at least 4 members (excludes halogenated alkanes) is 2. The maximum Gasteiger partial charge on any atom is 0.163 e. The van der Waals surface area contributed by atoms with Crippen LogP contribution >= 0.6 is 0 Å². The smallest absolute Gasteiger partial charge is 0.163 e. The molecule has 0 aromatic heterocycles. The Labute approximate surface area is 136 Å². The second kappa shape index (κ2) is 17.2. The van der Waals surface area contributed by atoms with Crippen LogP contribution in [0.2, 0.25) is 0 Å². The van der Waals surface area contributed by atoms with Gasteiger partial charge in [-0.1, -0.05) is 75.0 Å². The molecule has 0 aliphatic heterocycles. The number of carbonyl (C=O) groups is 1. The lowest BCUT2D eigenvalue weighted by atomic mass is 10.2. The zero-order valence-electron chi connectivity index (χ0n) is 14.0. The molecule has 120 valence electrons. The number of ketones is 1. The van der Waals surface area contributed by atoms with Gasteiger partial charge in [-0.05, 0) is 32.1 Å². The summed E-state index contributed by atoms with van der Waals surface area (Å²) in [5.74, 6) is 0.0871. The molecule has 22 heavy (non-hydrogen) atoms. The molecule has 0 N–H and O–H groups in total. The summed E-state index contributed by atoms with van der Waals surface area (Å²) in [6.45, 7) is 5.60. The second-order valence-corrected chi connectivity index (χ2v) is 5.09. The Kier molecular flexibility index (Phi) is 15.8. The van der Waals surface area contributed by atoms with Gasteiger partial charge >= 0.3 is 0 Å². The van der Waals surface area contributed by atoms with E-state index < -0.39 is 0 Å². The molecule has 0 rings (SSSR count). The van der Waals surface area contributed by atoms with Crippen molar-refractivity contribution in [3.8, 4) is 0 Å². The molecule has 0 atom stereocenters. The lowest BCUT2D eigenvalue weighted by Gasteiger charge is -1.88. The number of allylic oxidation sites excluding steroid dienone is 9. The quantitative estimate of drug-likeness (QED) is 0.170. The summed E-state index contributed by atoms with van der Waals surface area (Å²) in [6.07, 6.45) is 26.8. The Morgan fingerprint density at radius 3 is 1.86 bits per heavy atom. The first-order chi connectivity index (χ1) is 10.8. The maximum absolute atomic E-state index is 11.2. The van der Waals surface area contributed by atoms with Crippen molar-refractivity contribution in [2.75, 3.05) is 0 Å². The van der Waals surface area contributed by atoms with Gasteiger partial charge in [-0.25, -0.2) is 0 Å². The van der Waals surface area contributed by atoms with Crippen LogP contribution in [-0.2, 0) is 4.79 Å². The van der Waals surface area contributed by atoms with E-state index in [0.29, 0.717) is 6.42 Å². The largest absolute Gasteiger partial charge is 0.294 e. The van der Waals surface area contributed by atoms with Crippen LogP contribution in [0.25, 0.3) is 0 Å². The van der Waals surface area contributed by atoms with Crippen LogP contribution in [0.4, 0.5) is 0 Å². The van der Waals surface area contributed by atoms with Crippen molar-refractivity contribution >= 4 is 5.78 Å². The molecule has 0 radical (unpaired) electrons. The SMILES string of the molecule is C=C=CC(=O)CCC=CCC=CCC=CCC=CCCCC. The van der Waals surface area contributed by atoms with Crippen LogP contribution in [0, 0.1) is 0 Å². The molecule has 0 amide bonds. The van der Waals surface area contributed by atoms with Crippen molar-refractivity contribution in [3.05, 3.63) is 67.0 Å². The van der Waals surface area contributed by atoms with Gasteiger partial charge in [-0.3, -0.25) is 4.79 Å². The number of hydrogen-bond donors (Lipinski definition) is 0. The third-order valence-corrected chi connectivity index (χ3v) is 3.03. The van der Waals surface area contributed by atoms with Crippen LogP contribution in [0.15, 0.2) is 67.0 Å². The van der Waals surface area contributed by atoms with E-state index in [1.165, 1.54) is 25.3 Å². The summed E-state index contributed by atoms with van der Waals surface area (Å²) in [7, 11) is 0. The average Bonchev–Trinajstić information content (AvgIpc) is 2.51. The van der Waals surface area contributed by atoms with E-state index in [9.17, 15) is 4.79 Å². The molecule has 0 aromatic carbocycles. The molecular formula is C21H30O. The molecule has 0 unspecified atom stereocenters. The van der Waals surface area contributed by atoms with Crippen molar-refractivity contribution in [2.45, 2.75) is 58.3 Å². The average molecular weight is 298 g/mol. The van der Waals surface area contributed by atoms with E-state index in [1.54, 1.807) is 0 Å². The molecule has 1 nitrogen and oxygen atoms in total. The molecule has 0 spiro atoms. The predicted octanol–water partition coefficient (Wildman–Crippen LogP) is 6.26. The third kappa shape index (κ3) is 16.2. The van der Waals surface area contributed by atoms with Gasteiger partial charge in [0.15, 0.2) is 5.78 Å². The standard InChI is InChI=1S/C21H30O/c1-3-5-6-7-8-9-10-11-12-13-14-15-16-17-18-20-21(22)19-4-2/h7-8,10-11,13-14,16-17,19H,2-3,5-6,9,12,15,18,20H2,1H3. The van der Waals surface area contributed by atoms with Gasteiger partial charge in [0.1, 0.15) is 0 Å². The highest BCUT2D eigenvalue weighted by molar-refractivity contribution is 5.89. The minimum atomic E-state index is 0.0871. The van der Waals surface area contributed by atoms with E-state index in [2.05, 4.69) is 67.8 Å². The fraction of sp³-hybridized carbons (Fsp3) is 0.429. The number of rotatable bonds is 13. The first-order valence-corrected chi connectivity index (χ1v) is 8.30. The van der Waals surface area contributed by atoms with Gasteiger partial charge in [-0.15, -0.1) is 5.73 Å². The lowest BCUT2D eigenvalue weighted by Crippen LogP contribution is -1.88. The fourth-order valence-corrected chi connectivity index (χ4v) is 1.78. The first kappa shape index (κ1) is 20.1. The van der Waals surface area contributed by atoms with Crippen LogP contribution in [0.3, 0.4) is 0 Å². The Bertz CT molecular complexity index is 429. The number of carbonyl (C=O) groups excluding carboxylic acids is 1. The summed E-state index contributed by atoms with van der Waals surface area (Å²) < 4.78 is 0. The van der Waals surface area contributed by atoms with E-state index >= 15 is 0 Å². The van der Waals surface area contributed by atoms with Gasteiger partial charge in [0.05, 0.1) is 0 Å². The van der Waals surface area contributed by atoms with Gasteiger partial charge in [0.2, 0.25) is 0 Å². The number of hydrogen-bond acceptors (Lipinski definition) is 1. The van der Waals surface area contributed by atoms with Gasteiger partial charge < -0.3 is 0 Å². The Hall–Kier alpha value is -1.85. The summed E-state index contributed by atoms with van der Waals surface area (Å²) in [5, 5.41) is 0. The molecule has 0 aliphatic rings. The normalized spacial score (nSPS) is 11.9. The lowest BCUT2D eigenvalue weighted by molar-refractivity contribution is -0.114. The molecule has 0 bridgehead atoms. The molecule has 0 heterocycles. The maximum atomic E-state index is 11.2. The molecule has 0 saturated carbocycles. The van der Waals surface area contributed by atoms with Crippen molar-refractivity contribution in [3.63, 3.8) is 0 Å². The van der Waals surface area contributed by atoms with Crippen molar-refractivity contribution in [2.24, 2.45) is 0 Å². The zero-order valence-corrected chi connectivity index (χ0v) is 14.0. The van der Waals surface area contributed by atoms with E-state index in [1.807, 2.05) is 0 Å². The molecule has 0 saturated heterocycles. The highest BCUT2D eigenvalue weighted by Gasteiger charge is 1.91. The molecule has 0 aliphatic carbocycles. The van der Waals surface area contributed by atoms with Crippen LogP contribution < -0.4 is 0 Å². The van der Waals surface area contributed by atoms with E-state index in [0.717, 1.165) is 25.7 Å². The summed E-state index contributed by atoms with van der Waals surface area (Å²) in [5.41, 5.74) is 2.50. The minimum absolute atomic E-state index is 0.0871. The first-order valence-electron chi connectivity index (χ1n) is 8.30. The van der Waals surface area contributed by atoms with Gasteiger partial charge in [-0.2, -0.15) is 0 Å². The molecule has 0 fully saturated rings. The van der Waals surface area contributed by atoms with Crippen molar-refractivity contribution in [1.29, 1.82) is 0 Å². The van der Waals surface area contributed by atoms with Crippen molar-refractivity contribution in [1.82, 2.24) is 0 Å². The van der Waals surface area contributed by atoms with Crippen LogP contribution in [0.1, 0.15) is 58.3 Å². The van der Waals surface area contributed by atoms with Gasteiger partial charge in [0, 0.05) is 12.5 Å². The highest BCUT2D eigenvalue weighted by atomic mass is 16.1.